The third kappa shape index (κ3) is 1.69. The fraction of sp³-hybridized carbons (Fsp3) is 1.00. The highest BCUT2D eigenvalue weighted by molar-refractivity contribution is 4.85. The van der Waals surface area contributed by atoms with Crippen LogP contribution in [-0.4, -0.2) is 58.1 Å². The van der Waals surface area contributed by atoms with E-state index < -0.39 is 24.4 Å². The summed E-state index contributed by atoms with van der Waals surface area (Å²) in [6.45, 7) is -0.408. The third-order valence-corrected chi connectivity index (χ3v) is 1.79. The van der Waals surface area contributed by atoms with Crippen molar-refractivity contribution in [2.24, 2.45) is 0 Å². The molecule has 66 valence electrons. The van der Waals surface area contributed by atoms with Gasteiger partial charge in [0.05, 0.1) is 13.2 Å². The highest BCUT2D eigenvalue weighted by Gasteiger charge is 2.36. The van der Waals surface area contributed by atoms with Gasteiger partial charge in [-0.3, -0.25) is 0 Å². The van der Waals surface area contributed by atoms with E-state index in [-0.39, 0.29) is 13.2 Å². The lowest BCUT2D eigenvalue weighted by molar-refractivity contribution is -0.195. The van der Waals surface area contributed by atoms with Crippen molar-refractivity contribution in [1.82, 2.24) is 0 Å². The number of aliphatic hydroxyl groups is 4. The Bertz CT molecular complexity index is 126. The summed E-state index contributed by atoms with van der Waals surface area (Å²) in [7, 11) is 0. The van der Waals surface area contributed by atoms with E-state index in [4.69, 9.17) is 25.2 Å². The minimum atomic E-state index is -1.22. The smallest absolute Gasteiger partial charge is 0.111 e. The Hall–Kier alpha value is -0.200. The van der Waals surface area contributed by atoms with Gasteiger partial charge in [0.2, 0.25) is 0 Å². The van der Waals surface area contributed by atoms with Crippen molar-refractivity contribution < 1.29 is 25.2 Å². The molecule has 0 amide bonds. The summed E-state index contributed by atoms with van der Waals surface area (Å²) in [5.41, 5.74) is 0. The predicted molar refractivity (Wildman–Crippen MR) is 34.8 cm³/mol. The first kappa shape index (κ1) is 8.89. The number of hydrogen-bond donors (Lipinski definition) is 4. The van der Waals surface area contributed by atoms with E-state index >= 15 is 0 Å². The van der Waals surface area contributed by atoms with Gasteiger partial charge in [-0.05, 0) is 0 Å². The van der Waals surface area contributed by atoms with Gasteiger partial charge in [-0.15, -0.1) is 0 Å². The van der Waals surface area contributed by atoms with E-state index in [9.17, 15) is 0 Å². The number of ether oxygens (including phenoxy) is 1. The number of aliphatic hydroxyl groups excluding tert-OH is 4. The number of rotatable bonds is 1. The van der Waals surface area contributed by atoms with Crippen molar-refractivity contribution in [3.05, 3.63) is 0 Å². The molecular weight excluding hydrogens is 152 g/mol. The summed E-state index contributed by atoms with van der Waals surface area (Å²) in [6.07, 6.45) is -4.27. The molecule has 1 aliphatic rings. The Labute approximate surface area is 63.8 Å². The zero-order valence-corrected chi connectivity index (χ0v) is 5.92. The molecule has 0 aromatic rings. The third-order valence-electron chi connectivity index (χ3n) is 1.79. The lowest BCUT2D eigenvalue weighted by Gasteiger charge is -2.34. The van der Waals surface area contributed by atoms with Gasteiger partial charge in [0.15, 0.2) is 0 Å². The second-order valence-corrected chi connectivity index (χ2v) is 2.60. The topological polar surface area (TPSA) is 90.2 Å². The largest absolute Gasteiger partial charge is 0.394 e. The van der Waals surface area contributed by atoms with Crippen molar-refractivity contribution in [3.63, 3.8) is 0 Å². The first-order chi connectivity index (χ1) is 5.16. The van der Waals surface area contributed by atoms with E-state index in [0.29, 0.717) is 0 Å². The molecule has 4 atom stereocenters. The van der Waals surface area contributed by atoms with Crippen LogP contribution in [0, 0.1) is 0 Å². The quantitative estimate of drug-likeness (QED) is 0.343. The van der Waals surface area contributed by atoms with Crippen LogP contribution in [0.15, 0.2) is 0 Å². The van der Waals surface area contributed by atoms with Crippen molar-refractivity contribution in [1.29, 1.82) is 0 Å². The second kappa shape index (κ2) is 3.46. The maximum atomic E-state index is 9.11. The highest BCUT2D eigenvalue weighted by Crippen LogP contribution is 2.14. The van der Waals surface area contributed by atoms with Crippen LogP contribution in [-0.2, 0) is 4.74 Å². The molecule has 1 fully saturated rings. The molecule has 0 unspecified atom stereocenters. The van der Waals surface area contributed by atoms with E-state index in [1.807, 2.05) is 0 Å². The standard InChI is InChI=1S/C6H12O5/c7-1-4-6(10)5(9)3(8)2-11-4/h3-10H,1-2H2/t3-,4+,5+,6+/m0/s1. The van der Waals surface area contributed by atoms with Crippen LogP contribution in [0.5, 0.6) is 0 Å². The highest BCUT2D eigenvalue weighted by atomic mass is 16.5. The molecule has 0 aromatic heterocycles. The molecule has 0 bridgehead atoms. The predicted octanol–water partition coefficient (Wildman–Crippen LogP) is -2.54. The molecule has 1 saturated heterocycles. The lowest BCUT2D eigenvalue weighted by atomic mass is 10.0. The minimum Gasteiger partial charge on any atom is -0.394 e. The van der Waals surface area contributed by atoms with E-state index in [1.54, 1.807) is 0 Å². The Kier molecular flexibility index (Phi) is 2.80. The van der Waals surface area contributed by atoms with Gasteiger partial charge in [-0.1, -0.05) is 0 Å². The van der Waals surface area contributed by atoms with Gasteiger partial charge >= 0.3 is 0 Å². The first-order valence-corrected chi connectivity index (χ1v) is 3.43. The Balaban J connectivity index is 2.52. The molecule has 1 aliphatic heterocycles. The molecule has 1 rings (SSSR count). The molecule has 0 spiro atoms. The Morgan fingerprint density at radius 1 is 1.18 bits per heavy atom. The summed E-state index contributed by atoms with van der Waals surface area (Å²) in [5.74, 6) is 0. The molecule has 5 nitrogen and oxygen atoms in total. The van der Waals surface area contributed by atoms with Crippen molar-refractivity contribution in [3.8, 4) is 0 Å². The Morgan fingerprint density at radius 3 is 2.36 bits per heavy atom. The second-order valence-electron chi connectivity index (χ2n) is 2.60. The van der Waals surface area contributed by atoms with Gasteiger partial charge < -0.3 is 25.2 Å². The fourth-order valence-electron chi connectivity index (χ4n) is 1.03. The SMILES string of the molecule is OC[C@H]1OC[C@H](O)[C@@H](O)[C@@H]1O. The molecule has 0 saturated carbocycles. The molecule has 0 radical (unpaired) electrons. The van der Waals surface area contributed by atoms with Crippen molar-refractivity contribution in [2.45, 2.75) is 24.4 Å². The molecule has 4 N–H and O–H groups in total. The molecule has 1 heterocycles. The van der Waals surface area contributed by atoms with E-state index in [0.717, 1.165) is 0 Å². The van der Waals surface area contributed by atoms with Crippen molar-refractivity contribution >= 4 is 0 Å². The van der Waals surface area contributed by atoms with Crippen LogP contribution in [0.2, 0.25) is 0 Å². The molecule has 0 aromatic carbocycles. The monoisotopic (exact) mass is 164 g/mol. The first-order valence-electron chi connectivity index (χ1n) is 3.43. The van der Waals surface area contributed by atoms with Gasteiger partial charge in [0.25, 0.3) is 0 Å². The minimum absolute atomic E-state index is 0.0521. The van der Waals surface area contributed by atoms with Crippen LogP contribution >= 0.6 is 0 Å². The maximum Gasteiger partial charge on any atom is 0.111 e. The van der Waals surface area contributed by atoms with Gasteiger partial charge in [0, 0.05) is 0 Å². The average Bonchev–Trinajstić information content (AvgIpc) is 2.01. The molecular formula is C6H12O5. The summed E-state index contributed by atoms with van der Waals surface area (Å²) >= 11 is 0. The lowest BCUT2D eigenvalue weighted by Crippen LogP contribution is -2.53. The summed E-state index contributed by atoms with van der Waals surface area (Å²) in [5, 5.41) is 35.7. The summed E-state index contributed by atoms with van der Waals surface area (Å²) in [4.78, 5) is 0. The molecule has 0 aliphatic carbocycles. The van der Waals surface area contributed by atoms with Crippen LogP contribution in [0.25, 0.3) is 0 Å². The van der Waals surface area contributed by atoms with E-state index in [2.05, 4.69) is 0 Å². The molecule has 11 heavy (non-hydrogen) atoms. The zero-order chi connectivity index (χ0) is 8.43. The Morgan fingerprint density at radius 2 is 1.82 bits per heavy atom. The van der Waals surface area contributed by atoms with Crippen LogP contribution < -0.4 is 0 Å². The van der Waals surface area contributed by atoms with Crippen LogP contribution in [0.1, 0.15) is 0 Å². The van der Waals surface area contributed by atoms with Crippen LogP contribution in [0.4, 0.5) is 0 Å². The zero-order valence-electron chi connectivity index (χ0n) is 5.92. The van der Waals surface area contributed by atoms with Gasteiger partial charge in [0.1, 0.15) is 24.4 Å². The maximum absolute atomic E-state index is 9.11. The van der Waals surface area contributed by atoms with Gasteiger partial charge in [-0.25, -0.2) is 0 Å². The summed E-state index contributed by atoms with van der Waals surface area (Å²) in [6, 6.07) is 0. The average molecular weight is 164 g/mol. The van der Waals surface area contributed by atoms with Gasteiger partial charge in [-0.2, -0.15) is 0 Å². The normalized spacial score (nSPS) is 45.8. The fourth-order valence-corrected chi connectivity index (χ4v) is 1.03. The summed E-state index contributed by atoms with van der Waals surface area (Å²) < 4.78 is 4.81. The van der Waals surface area contributed by atoms with E-state index in [1.165, 1.54) is 0 Å². The van der Waals surface area contributed by atoms with Crippen molar-refractivity contribution in [2.75, 3.05) is 13.2 Å². The number of hydrogen-bond acceptors (Lipinski definition) is 5. The molecule has 5 heteroatoms. The van der Waals surface area contributed by atoms with Crippen LogP contribution in [0.3, 0.4) is 0 Å².